The molecule has 0 unspecified atom stereocenters. The summed E-state index contributed by atoms with van der Waals surface area (Å²) in [5.41, 5.74) is 2.08. The summed E-state index contributed by atoms with van der Waals surface area (Å²) in [7, 11) is 3.29. The third-order valence-corrected chi connectivity index (χ3v) is 5.52. The molecule has 0 spiro atoms. The van der Waals surface area contributed by atoms with Crippen LogP contribution in [0.25, 0.3) is 0 Å². The number of nitrogens with zero attached hydrogens (tertiary/aromatic N) is 1. The Bertz CT molecular complexity index is 737. The molecule has 128 valence electrons. The van der Waals surface area contributed by atoms with Crippen LogP contribution in [0.3, 0.4) is 0 Å². The summed E-state index contributed by atoms with van der Waals surface area (Å²) in [5.74, 6) is 1.85. The average molecular weight is 346 g/mol. The van der Waals surface area contributed by atoms with Gasteiger partial charge in [0.25, 0.3) is 0 Å². The predicted octanol–water partition coefficient (Wildman–Crippen LogP) is 3.20. The fourth-order valence-electron chi connectivity index (χ4n) is 2.87. The molecular weight excluding hydrogens is 324 g/mol. The van der Waals surface area contributed by atoms with Crippen LogP contribution < -0.4 is 14.8 Å². The van der Waals surface area contributed by atoms with E-state index in [4.69, 9.17) is 9.47 Å². The van der Waals surface area contributed by atoms with E-state index in [0.717, 1.165) is 34.2 Å². The van der Waals surface area contributed by atoms with Gasteiger partial charge < -0.3 is 14.8 Å². The van der Waals surface area contributed by atoms with Crippen molar-refractivity contribution in [2.45, 2.75) is 32.7 Å². The maximum atomic E-state index is 12.4. The van der Waals surface area contributed by atoms with Gasteiger partial charge in [0.05, 0.1) is 26.5 Å². The van der Waals surface area contributed by atoms with Crippen molar-refractivity contribution in [3.63, 3.8) is 0 Å². The molecule has 2 aromatic rings. The number of amides is 1. The molecule has 1 N–H and O–H groups in total. The second-order valence-electron chi connectivity index (χ2n) is 6.02. The fourth-order valence-corrected chi connectivity index (χ4v) is 3.74. The SMILES string of the molecule is COc1ccc(OC)c([C@H]2C[C@H]2C(=O)NCc2nc(C)c(C)s2)c1. The zero-order valence-corrected chi connectivity index (χ0v) is 15.2. The largest absolute Gasteiger partial charge is 0.497 e. The first-order chi connectivity index (χ1) is 11.5. The molecule has 3 rings (SSSR count). The van der Waals surface area contributed by atoms with Gasteiger partial charge in [-0.05, 0) is 38.5 Å². The van der Waals surface area contributed by atoms with Crippen molar-refractivity contribution in [2.75, 3.05) is 14.2 Å². The number of aromatic nitrogens is 1. The molecule has 0 saturated heterocycles. The lowest BCUT2D eigenvalue weighted by molar-refractivity contribution is -0.122. The first kappa shape index (κ1) is 16.8. The van der Waals surface area contributed by atoms with E-state index in [0.29, 0.717) is 6.54 Å². The van der Waals surface area contributed by atoms with Crippen LogP contribution >= 0.6 is 11.3 Å². The Labute approximate surface area is 146 Å². The monoisotopic (exact) mass is 346 g/mol. The van der Waals surface area contributed by atoms with Gasteiger partial charge >= 0.3 is 0 Å². The highest BCUT2D eigenvalue weighted by molar-refractivity contribution is 7.11. The van der Waals surface area contributed by atoms with Crippen molar-refractivity contribution >= 4 is 17.2 Å². The number of nitrogens with one attached hydrogen (secondary N) is 1. The van der Waals surface area contributed by atoms with Crippen molar-refractivity contribution in [3.05, 3.63) is 39.3 Å². The molecule has 0 aliphatic heterocycles. The topological polar surface area (TPSA) is 60.5 Å². The molecule has 1 aliphatic rings. The van der Waals surface area contributed by atoms with Crippen molar-refractivity contribution in [3.8, 4) is 11.5 Å². The lowest BCUT2D eigenvalue weighted by Gasteiger charge is -2.10. The molecule has 24 heavy (non-hydrogen) atoms. The van der Waals surface area contributed by atoms with Gasteiger partial charge in [-0.1, -0.05) is 0 Å². The molecule has 1 aromatic carbocycles. The van der Waals surface area contributed by atoms with Crippen LogP contribution in [0.4, 0.5) is 0 Å². The van der Waals surface area contributed by atoms with Gasteiger partial charge in [-0.3, -0.25) is 4.79 Å². The molecule has 1 aromatic heterocycles. The van der Waals surface area contributed by atoms with E-state index >= 15 is 0 Å². The van der Waals surface area contributed by atoms with Gasteiger partial charge in [0.1, 0.15) is 16.5 Å². The van der Waals surface area contributed by atoms with Crippen LogP contribution in [-0.4, -0.2) is 25.1 Å². The van der Waals surface area contributed by atoms with Gasteiger partial charge in [-0.15, -0.1) is 11.3 Å². The Balaban J connectivity index is 1.63. The van der Waals surface area contributed by atoms with Gasteiger partial charge in [0, 0.05) is 22.3 Å². The van der Waals surface area contributed by atoms with Crippen molar-refractivity contribution < 1.29 is 14.3 Å². The Hall–Kier alpha value is -2.08. The summed E-state index contributed by atoms with van der Waals surface area (Å²) in [5, 5.41) is 3.96. The molecule has 1 fully saturated rings. The van der Waals surface area contributed by atoms with Gasteiger partial charge in [0.15, 0.2) is 0 Å². The Morgan fingerprint density at radius 1 is 1.33 bits per heavy atom. The van der Waals surface area contributed by atoms with E-state index in [1.54, 1.807) is 25.6 Å². The minimum absolute atomic E-state index is 0.00633. The third kappa shape index (κ3) is 3.38. The zero-order chi connectivity index (χ0) is 17.3. The summed E-state index contributed by atoms with van der Waals surface area (Å²) in [6, 6.07) is 5.72. The zero-order valence-electron chi connectivity index (χ0n) is 14.4. The van der Waals surface area contributed by atoms with Crippen LogP contribution in [0, 0.1) is 19.8 Å². The molecular formula is C18H22N2O3S. The maximum Gasteiger partial charge on any atom is 0.224 e. The molecule has 5 nitrogen and oxygen atoms in total. The molecule has 1 amide bonds. The molecule has 1 heterocycles. The second-order valence-corrected chi connectivity index (χ2v) is 7.31. The van der Waals surface area contributed by atoms with Crippen LogP contribution in [0.5, 0.6) is 11.5 Å². The minimum atomic E-state index is -0.00633. The number of carbonyl (C=O) groups excluding carboxylic acids is 1. The van der Waals surface area contributed by atoms with E-state index in [9.17, 15) is 4.79 Å². The average Bonchev–Trinajstić information content (AvgIpc) is 3.32. The van der Waals surface area contributed by atoms with Gasteiger partial charge in [0.2, 0.25) is 5.91 Å². The predicted molar refractivity (Wildman–Crippen MR) is 93.8 cm³/mol. The number of rotatable bonds is 6. The number of ether oxygens (including phenoxy) is 2. The van der Waals surface area contributed by atoms with E-state index in [1.807, 2.05) is 32.0 Å². The van der Waals surface area contributed by atoms with Crippen molar-refractivity contribution in [2.24, 2.45) is 5.92 Å². The number of aryl methyl sites for hydroxylation is 2. The highest BCUT2D eigenvalue weighted by Gasteiger charge is 2.45. The van der Waals surface area contributed by atoms with Crippen LogP contribution in [0.15, 0.2) is 18.2 Å². The number of benzene rings is 1. The minimum Gasteiger partial charge on any atom is -0.497 e. The lowest BCUT2D eigenvalue weighted by atomic mass is 10.1. The first-order valence-corrected chi connectivity index (χ1v) is 8.77. The van der Waals surface area contributed by atoms with E-state index < -0.39 is 0 Å². The summed E-state index contributed by atoms with van der Waals surface area (Å²) < 4.78 is 10.7. The maximum absolute atomic E-state index is 12.4. The number of hydrogen-bond acceptors (Lipinski definition) is 5. The Morgan fingerprint density at radius 3 is 2.75 bits per heavy atom. The number of methoxy groups -OCH3 is 2. The first-order valence-electron chi connectivity index (χ1n) is 7.96. The summed E-state index contributed by atoms with van der Waals surface area (Å²) in [4.78, 5) is 18.1. The Kier molecular flexibility index (Phi) is 4.76. The third-order valence-electron chi connectivity index (χ3n) is 4.45. The number of thiazole rings is 1. The second kappa shape index (κ2) is 6.81. The van der Waals surface area contributed by atoms with Gasteiger partial charge in [-0.2, -0.15) is 0 Å². The van der Waals surface area contributed by atoms with Crippen LogP contribution in [-0.2, 0) is 11.3 Å². The smallest absolute Gasteiger partial charge is 0.224 e. The quantitative estimate of drug-likeness (QED) is 0.872. The van der Waals surface area contributed by atoms with Crippen LogP contribution in [0.2, 0.25) is 0 Å². The van der Waals surface area contributed by atoms with E-state index in [-0.39, 0.29) is 17.7 Å². The van der Waals surface area contributed by atoms with Crippen molar-refractivity contribution in [1.29, 1.82) is 0 Å². The molecule has 2 atom stereocenters. The van der Waals surface area contributed by atoms with E-state index in [2.05, 4.69) is 10.3 Å². The molecule has 6 heteroatoms. The number of carbonyl (C=O) groups is 1. The molecule has 1 aliphatic carbocycles. The molecule has 0 radical (unpaired) electrons. The normalized spacial score (nSPS) is 19.0. The van der Waals surface area contributed by atoms with E-state index in [1.165, 1.54) is 4.88 Å². The van der Waals surface area contributed by atoms with Crippen molar-refractivity contribution in [1.82, 2.24) is 10.3 Å². The molecule has 0 bridgehead atoms. The number of hydrogen-bond donors (Lipinski definition) is 1. The Morgan fingerprint density at radius 2 is 2.12 bits per heavy atom. The highest BCUT2D eigenvalue weighted by Crippen LogP contribution is 2.51. The lowest BCUT2D eigenvalue weighted by Crippen LogP contribution is -2.24. The van der Waals surface area contributed by atoms with Gasteiger partial charge in [-0.25, -0.2) is 4.98 Å². The summed E-state index contributed by atoms with van der Waals surface area (Å²) in [6.07, 6.45) is 0.839. The highest BCUT2D eigenvalue weighted by atomic mass is 32.1. The molecule has 1 saturated carbocycles. The fraction of sp³-hybridized carbons (Fsp3) is 0.444. The summed E-state index contributed by atoms with van der Waals surface area (Å²) in [6.45, 7) is 4.53. The van der Waals surface area contributed by atoms with Crippen LogP contribution in [0.1, 0.15) is 33.5 Å². The summed E-state index contributed by atoms with van der Waals surface area (Å²) >= 11 is 1.63. The standard InChI is InChI=1S/C18H22N2O3S/c1-10-11(2)24-17(20-10)9-19-18(21)15-8-13(15)14-7-12(22-3)5-6-16(14)23-4/h5-7,13,15H,8-9H2,1-4H3,(H,19,21)/t13-,15-/m1/s1.